The van der Waals surface area contributed by atoms with Crippen LogP contribution >= 0.6 is 11.6 Å². The molecule has 4 heteroatoms. The molecule has 1 N–H and O–H groups in total. The lowest BCUT2D eigenvalue weighted by molar-refractivity contribution is 0.0697. The molecule has 0 saturated heterocycles. The largest absolute Gasteiger partial charge is 0.478 e. The molecule has 3 nitrogen and oxygen atoms in total. The van der Waals surface area contributed by atoms with Crippen molar-refractivity contribution in [2.75, 3.05) is 0 Å². The Hall–Kier alpha value is -1.61. The van der Waals surface area contributed by atoms with Crippen molar-refractivity contribution in [3.05, 3.63) is 40.0 Å². The average molecular weight is 290 g/mol. The molecule has 1 aromatic carbocycles. The van der Waals surface area contributed by atoms with E-state index in [1.165, 1.54) is 0 Å². The van der Waals surface area contributed by atoms with Gasteiger partial charge in [-0.2, -0.15) is 0 Å². The summed E-state index contributed by atoms with van der Waals surface area (Å²) in [4.78, 5) is 16.5. The molecule has 2 aromatic rings. The molecule has 0 spiro atoms. The highest BCUT2D eigenvalue weighted by molar-refractivity contribution is 6.31. The fourth-order valence-corrected chi connectivity index (χ4v) is 3.32. The molecular weight excluding hydrogens is 274 g/mol. The molecule has 104 valence electrons. The number of rotatable bonds is 1. The summed E-state index contributed by atoms with van der Waals surface area (Å²) in [5.41, 5.74) is 2.81. The van der Waals surface area contributed by atoms with Crippen LogP contribution in [0.1, 0.15) is 48.3 Å². The number of hydrogen-bond acceptors (Lipinski definition) is 2. The molecule has 3 rings (SSSR count). The molecule has 0 aliphatic heterocycles. The molecule has 0 saturated carbocycles. The number of aromatic carboxylic acids is 1. The van der Waals surface area contributed by atoms with Gasteiger partial charge < -0.3 is 5.11 Å². The fourth-order valence-electron chi connectivity index (χ4n) is 3.15. The lowest BCUT2D eigenvalue weighted by Crippen LogP contribution is -2.27. The maximum Gasteiger partial charge on any atom is 0.336 e. The van der Waals surface area contributed by atoms with Crippen molar-refractivity contribution in [2.24, 2.45) is 0 Å². The van der Waals surface area contributed by atoms with Crippen LogP contribution in [-0.4, -0.2) is 16.1 Å². The van der Waals surface area contributed by atoms with E-state index in [1.54, 1.807) is 18.2 Å². The van der Waals surface area contributed by atoms with Gasteiger partial charge in [-0.1, -0.05) is 25.4 Å². The Morgan fingerprint density at radius 1 is 1.40 bits per heavy atom. The van der Waals surface area contributed by atoms with Crippen molar-refractivity contribution in [3.63, 3.8) is 0 Å². The van der Waals surface area contributed by atoms with Crippen LogP contribution < -0.4 is 0 Å². The highest BCUT2D eigenvalue weighted by Gasteiger charge is 2.33. The maximum absolute atomic E-state index is 11.7. The molecule has 0 amide bonds. The molecule has 0 unspecified atom stereocenters. The van der Waals surface area contributed by atoms with Gasteiger partial charge in [-0.25, -0.2) is 4.79 Å². The van der Waals surface area contributed by atoms with Crippen LogP contribution in [0.4, 0.5) is 0 Å². The number of carbonyl (C=O) groups is 1. The molecule has 1 aliphatic rings. The van der Waals surface area contributed by atoms with Crippen LogP contribution in [0.5, 0.6) is 0 Å². The monoisotopic (exact) mass is 289 g/mol. The molecule has 0 fully saturated rings. The maximum atomic E-state index is 11.7. The first kappa shape index (κ1) is 13.4. The van der Waals surface area contributed by atoms with Crippen molar-refractivity contribution >= 4 is 28.5 Å². The van der Waals surface area contributed by atoms with Crippen LogP contribution in [0.25, 0.3) is 10.9 Å². The second-order valence-electron chi connectivity index (χ2n) is 6.02. The summed E-state index contributed by atoms with van der Waals surface area (Å²) in [6.07, 6.45) is 2.80. The van der Waals surface area contributed by atoms with Crippen LogP contribution in [0.3, 0.4) is 0 Å². The Morgan fingerprint density at radius 3 is 2.85 bits per heavy atom. The molecule has 20 heavy (non-hydrogen) atoms. The Balaban J connectivity index is 2.45. The van der Waals surface area contributed by atoms with E-state index in [0.717, 1.165) is 30.5 Å². The number of carboxylic acids is 1. The van der Waals surface area contributed by atoms with E-state index < -0.39 is 5.97 Å². The number of fused-ring (bicyclic) bond motifs is 2. The summed E-state index contributed by atoms with van der Waals surface area (Å²) >= 11 is 6.01. The van der Waals surface area contributed by atoms with E-state index in [2.05, 4.69) is 13.8 Å². The van der Waals surface area contributed by atoms with Crippen molar-refractivity contribution in [1.29, 1.82) is 0 Å². The van der Waals surface area contributed by atoms with Gasteiger partial charge in [0.1, 0.15) is 0 Å². The van der Waals surface area contributed by atoms with Crippen LogP contribution in [0.2, 0.25) is 5.02 Å². The normalized spacial score (nSPS) is 16.9. The molecular formula is C16H16ClNO2. The topological polar surface area (TPSA) is 50.2 Å². The number of benzene rings is 1. The first-order chi connectivity index (χ1) is 9.40. The third kappa shape index (κ3) is 1.97. The van der Waals surface area contributed by atoms with Crippen molar-refractivity contribution in [1.82, 2.24) is 4.98 Å². The van der Waals surface area contributed by atoms with E-state index in [0.29, 0.717) is 21.5 Å². The van der Waals surface area contributed by atoms with Crippen molar-refractivity contribution in [2.45, 2.75) is 38.5 Å². The number of pyridine rings is 1. The number of hydrogen-bond donors (Lipinski definition) is 1. The summed E-state index contributed by atoms with van der Waals surface area (Å²) in [5, 5.41) is 10.8. The Labute approximate surface area is 122 Å². The minimum absolute atomic E-state index is 0.0778. The van der Waals surface area contributed by atoms with Gasteiger partial charge in [-0.15, -0.1) is 0 Å². The second kappa shape index (κ2) is 4.45. The van der Waals surface area contributed by atoms with Crippen LogP contribution in [-0.2, 0) is 11.8 Å². The second-order valence-corrected chi connectivity index (χ2v) is 6.45. The fraction of sp³-hybridized carbons (Fsp3) is 0.375. The highest BCUT2D eigenvalue weighted by Crippen LogP contribution is 2.39. The number of halogens is 1. The summed E-state index contributed by atoms with van der Waals surface area (Å²) in [6, 6.07) is 5.26. The molecule has 0 atom stereocenters. The highest BCUT2D eigenvalue weighted by atomic mass is 35.5. The number of carboxylic acid groups (broad SMARTS) is 1. The van der Waals surface area contributed by atoms with Gasteiger partial charge in [-0.05, 0) is 43.0 Å². The smallest absolute Gasteiger partial charge is 0.336 e. The predicted molar refractivity (Wildman–Crippen MR) is 79.7 cm³/mol. The van der Waals surface area contributed by atoms with Gasteiger partial charge in [0, 0.05) is 15.8 Å². The van der Waals surface area contributed by atoms with Gasteiger partial charge in [-0.3, -0.25) is 4.98 Å². The van der Waals surface area contributed by atoms with Crippen molar-refractivity contribution in [3.8, 4) is 0 Å². The van der Waals surface area contributed by atoms with Crippen LogP contribution in [0.15, 0.2) is 18.2 Å². The van der Waals surface area contributed by atoms with Gasteiger partial charge in [0.05, 0.1) is 16.8 Å². The quantitative estimate of drug-likeness (QED) is 0.856. The van der Waals surface area contributed by atoms with Gasteiger partial charge in [0.25, 0.3) is 0 Å². The van der Waals surface area contributed by atoms with E-state index in [-0.39, 0.29) is 5.41 Å². The van der Waals surface area contributed by atoms with Crippen molar-refractivity contribution < 1.29 is 9.90 Å². The Kier molecular flexibility index (Phi) is 2.98. The van der Waals surface area contributed by atoms with Crippen LogP contribution in [0, 0.1) is 0 Å². The number of aromatic nitrogens is 1. The summed E-state index contributed by atoms with van der Waals surface area (Å²) in [7, 11) is 0. The lowest BCUT2D eigenvalue weighted by atomic mass is 9.74. The molecule has 0 radical (unpaired) electrons. The molecule has 1 aromatic heterocycles. The lowest BCUT2D eigenvalue weighted by Gasteiger charge is -2.32. The van der Waals surface area contributed by atoms with E-state index >= 15 is 0 Å². The zero-order valence-electron chi connectivity index (χ0n) is 11.5. The third-order valence-electron chi connectivity index (χ3n) is 4.13. The summed E-state index contributed by atoms with van der Waals surface area (Å²) in [5.74, 6) is -0.895. The average Bonchev–Trinajstić information content (AvgIpc) is 2.36. The number of nitrogens with zero attached hydrogens (tertiary/aromatic N) is 1. The SMILES string of the molecule is CC1(C)CCCc2c1nc1ccc(Cl)cc1c2C(=O)O. The molecule has 1 heterocycles. The van der Waals surface area contributed by atoms with Gasteiger partial charge >= 0.3 is 5.97 Å². The Morgan fingerprint density at radius 2 is 2.15 bits per heavy atom. The Bertz CT molecular complexity index is 722. The third-order valence-corrected chi connectivity index (χ3v) is 4.37. The van der Waals surface area contributed by atoms with E-state index in [1.807, 2.05) is 0 Å². The molecule has 1 aliphatic carbocycles. The summed E-state index contributed by atoms with van der Waals surface area (Å²) < 4.78 is 0. The first-order valence-corrected chi connectivity index (χ1v) is 7.14. The first-order valence-electron chi connectivity index (χ1n) is 6.76. The minimum Gasteiger partial charge on any atom is -0.478 e. The minimum atomic E-state index is -0.895. The van der Waals surface area contributed by atoms with E-state index in [9.17, 15) is 9.90 Å². The standard InChI is InChI=1S/C16H16ClNO2/c1-16(2)7-3-4-10-13(15(19)20)11-8-9(17)5-6-12(11)18-14(10)16/h5-6,8H,3-4,7H2,1-2H3,(H,19,20). The van der Waals surface area contributed by atoms with Gasteiger partial charge in [0.15, 0.2) is 0 Å². The molecule has 0 bridgehead atoms. The van der Waals surface area contributed by atoms with E-state index in [4.69, 9.17) is 16.6 Å². The predicted octanol–water partition coefficient (Wildman–Crippen LogP) is 4.20. The zero-order valence-corrected chi connectivity index (χ0v) is 12.3. The summed E-state index contributed by atoms with van der Waals surface area (Å²) in [6.45, 7) is 4.26. The van der Waals surface area contributed by atoms with Gasteiger partial charge in [0.2, 0.25) is 0 Å². The zero-order chi connectivity index (χ0) is 14.5.